The van der Waals surface area contributed by atoms with E-state index in [1.807, 2.05) is 0 Å². The Morgan fingerprint density at radius 2 is 1.75 bits per heavy atom. The highest BCUT2D eigenvalue weighted by atomic mass is 35.5. The average molecular weight is 249 g/mol. The lowest BCUT2D eigenvalue weighted by molar-refractivity contribution is -0.135. The van der Waals surface area contributed by atoms with E-state index in [0.29, 0.717) is 0 Å². The van der Waals surface area contributed by atoms with Crippen LogP contribution in [0.25, 0.3) is 0 Å². The lowest BCUT2D eigenvalue weighted by Crippen LogP contribution is -2.24. The van der Waals surface area contributed by atoms with Gasteiger partial charge in [-0.2, -0.15) is 0 Å². The molecule has 4 nitrogen and oxygen atoms in total. The average Bonchev–Trinajstić information content (AvgIpc) is 1.85. The van der Waals surface area contributed by atoms with Crippen molar-refractivity contribution in [3.05, 3.63) is 0 Å². The normalized spacial score (nSPS) is 10.8. The Kier molecular flexibility index (Phi) is 4.25. The smallest absolute Gasteiger partial charge is 0.353 e. The second kappa shape index (κ2) is 4.27. The lowest BCUT2D eigenvalue weighted by atomic mass is 10.8. The van der Waals surface area contributed by atoms with Crippen molar-refractivity contribution in [2.24, 2.45) is 0 Å². The van der Waals surface area contributed by atoms with Crippen molar-refractivity contribution in [1.29, 1.82) is 0 Å². The largest absolute Gasteiger partial charge is 0.478 e. The summed E-state index contributed by atoms with van der Waals surface area (Å²) in [5, 5.41) is 16.6. The maximum absolute atomic E-state index is 10.2. The number of rotatable bonds is 2. The van der Waals surface area contributed by atoms with Crippen molar-refractivity contribution < 1.29 is 19.8 Å². The van der Waals surface area contributed by atoms with Gasteiger partial charge in [-0.1, -0.05) is 47.2 Å². The number of aliphatic carboxylic acids is 2. The van der Waals surface area contributed by atoms with Crippen molar-refractivity contribution >= 4 is 63.3 Å². The molecule has 0 aromatic rings. The molecule has 0 rings (SSSR count). The summed E-state index contributed by atoms with van der Waals surface area (Å²) in [6.45, 7) is 0. The van der Waals surface area contributed by atoms with Crippen LogP contribution in [0.2, 0.25) is 0 Å². The number of alkyl halides is 2. The number of thiocarbonyl (C=S) groups is 1. The van der Waals surface area contributed by atoms with Crippen LogP contribution >= 0.6 is 47.2 Å². The first-order chi connectivity index (χ1) is 5.27. The molecule has 0 amide bonds. The lowest BCUT2D eigenvalue weighted by Gasteiger charge is -2.11. The number of carbonyl (C=O) groups is 2. The van der Waals surface area contributed by atoms with Gasteiger partial charge in [0.1, 0.15) is 0 Å². The van der Waals surface area contributed by atoms with Crippen LogP contribution in [-0.2, 0) is 9.59 Å². The van der Waals surface area contributed by atoms with Crippen molar-refractivity contribution in [2.45, 2.75) is 3.67 Å². The zero-order chi connectivity index (χ0) is 9.94. The standard InChI is InChI=1S/C4H2Cl2O4S2/c5-4(6,3(9)10)12-2(11)1(7)8/h(H,7,8)(H,9,10). The molecule has 0 bridgehead atoms. The molecule has 0 aliphatic heterocycles. The minimum Gasteiger partial charge on any atom is -0.478 e. The Morgan fingerprint density at radius 3 is 2.00 bits per heavy atom. The molecule has 0 atom stereocenters. The predicted molar refractivity (Wildman–Crippen MR) is 49.9 cm³/mol. The Bertz CT molecular complexity index is 239. The fraction of sp³-hybridized carbons (Fsp3) is 0.250. The van der Waals surface area contributed by atoms with Crippen LogP contribution in [0.15, 0.2) is 0 Å². The molecule has 0 heterocycles. The predicted octanol–water partition coefficient (Wildman–Crippen LogP) is 1.35. The van der Waals surface area contributed by atoms with Crippen LogP contribution in [0.3, 0.4) is 0 Å². The number of carboxylic acid groups (broad SMARTS) is 2. The summed E-state index contributed by atoms with van der Waals surface area (Å²) in [6.07, 6.45) is 0. The first-order valence-corrected chi connectivity index (χ1v) is 4.33. The van der Waals surface area contributed by atoms with Gasteiger partial charge in [0.05, 0.1) is 0 Å². The third-order valence-electron chi connectivity index (χ3n) is 0.644. The maximum atomic E-state index is 10.2. The van der Waals surface area contributed by atoms with Crippen LogP contribution in [0.1, 0.15) is 0 Å². The van der Waals surface area contributed by atoms with Crippen molar-refractivity contribution in [2.75, 3.05) is 0 Å². The summed E-state index contributed by atoms with van der Waals surface area (Å²) in [4.78, 5) is 20.4. The number of hydrogen-bond donors (Lipinski definition) is 2. The molecule has 0 saturated carbocycles. The van der Waals surface area contributed by atoms with Gasteiger partial charge < -0.3 is 10.2 Å². The van der Waals surface area contributed by atoms with E-state index < -0.39 is 19.8 Å². The summed E-state index contributed by atoms with van der Waals surface area (Å²) in [5.74, 6) is -2.98. The van der Waals surface area contributed by atoms with E-state index in [-0.39, 0.29) is 11.8 Å². The monoisotopic (exact) mass is 248 g/mol. The molecule has 0 spiro atoms. The quantitative estimate of drug-likeness (QED) is 0.568. The molecule has 0 radical (unpaired) electrons. The highest BCUT2D eigenvalue weighted by Crippen LogP contribution is 2.35. The molecule has 0 aromatic carbocycles. The molecule has 0 aliphatic carbocycles. The zero-order valence-electron chi connectivity index (χ0n) is 5.28. The van der Waals surface area contributed by atoms with E-state index in [0.717, 1.165) is 0 Å². The maximum Gasteiger partial charge on any atom is 0.353 e. The van der Waals surface area contributed by atoms with Gasteiger partial charge in [-0.15, -0.1) is 0 Å². The summed E-state index contributed by atoms with van der Waals surface area (Å²) < 4.78 is -2.84. The molecule has 68 valence electrons. The summed E-state index contributed by atoms with van der Waals surface area (Å²) >= 11 is 14.8. The molecule has 0 aromatic heterocycles. The highest BCUT2D eigenvalue weighted by Gasteiger charge is 2.37. The van der Waals surface area contributed by atoms with Gasteiger partial charge in [0.2, 0.25) is 0 Å². The van der Waals surface area contributed by atoms with E-state index in [9.17, 15) is 9.59 Å². The number of hydrogen-bond acceptors (Lipinski definition) is 4. The molecular weight excluding hydrogens is 247 g/mol. The SMILES string of the molecule is O=C(O)C(=S)SC(Cl)(Cl)C(=O)O. The van der Waals surface area contributed by atoms with E-state index >= 15 is 0 Å². The van der Waals surface area contributed by atoms with Gasteiger partial charge in [0, 0.05) is 0 Å². The Balaban J connectivity index is 4.35. The van der Waals surface area contributed by atoms with Crippen LogP contribution in [0, 0.1) is 0 Å². The second-order valence-electron chi connectivity index (χ2n) is 1.52. The van der Waals surface area contributed by atoms with Gasteiger partial charge in [-0.3, -0.25) is 0 Å². The van der Waals surface area contributed by atoms with E-state index in [1.165, 1.54) is 0 Å². The Morgan fingerprint density at radius 1 is 1.33 bits per heavy atom. The van der Waals surface area contributed by atoms with E-state index in [2.05, 4.69) is 12.2 Å². The minimum atomic E-state index is -2.24. The molecule has 2 N–H and O–H groups in total. The molecule has 0 fully saturated rings. The summed E-state index contributed by atoms with van der Waals surface area (Å²) in [7, 11) is 0. The zero-order valence-corrected chi connectivity index (χ0v) is 8.43. The van der Waals surface area contributed by atoms with Gasteiger partial charge in [0.15, 0.2) is 4.20 Å². The first-order valence-electron chi connectivity index (χ1n) is 2.35. The van der Waals surface area contributed by atoms with Gasteiger partial charge in [-0.05, 0) is 0 Å². The number of halogens is 2. The van der Waals surface area contributed by atoms with Crippen LogP contribution in [-0.4, -0.2) is 30.0 Å². The van der Waals surface area contributed by atoms with E-state index in [4.69, 9.17) is 33.4 Å². The summed E-state index contributed by atoms with van der Waals surface area (Å²) in [6, 6.07) is 0. The molecule has 0 saturated heterocycles. The number of carboxylic acids is 2. The topological polar surface area (TPSA) is 74.6 Å². The molecule has 0 unspecified atom stereocenters. The first kappa shape index (κ1) is 12.0. The molecule has 8 heteroatoms. The van der Waals surface area contributed by atoms with Crippen molar-refractivity contribution in [3.63, 3.8) is 0 Å². The third kappa shape index (κ3) is 3.57. The Hall–Kier alpha value is -0.0400. The number of thioether (sulfide) groups is 1. The van der Waals surface area contributed by atoms with Crippen molar-refractivity contribution in [3.8, 4) is 0 Å². The van der Waals surface area contributed by atoms with Gasteiger partial charge in [-0.25, -0.2) is 9.59 Å². The van der Waals surface area contributed by atoms with Gasteiger partial charge in [0.25, 0.3) is 3.67 Å². The fourth-order valence-corrected chi connectivity index (χ4v) is 1.72. The molecular formula is C4H2Cl2O4S2. The second-order valence-corrected chi connectivity index (χ2v) is 5.18. The summed E-state index contributed by atoms with van der Waals surface area (Å²) in [5.41, 5.74) is 0. The van der Waals surface area contributed by atoms with Crippen LogP contribution in [0.4, 0.5) is 0 Å². The van der Waals surface area contributed by atoms with E-state index in [1.54, 1.807) is 0 Å². The van der Waals surface area contributed by atoms with Crippen LogP contribution in [0.5, 0.6) is 0 Å². The third-order valence-corrected chi connectivity index (χ3v) is 2.65. The fourth-order valence-electron chi connectivity index (χ4n) is 0.204. The van der Waals surface area contributed by atoms with Crippen LogP contribution < -0.4 is 0 Å². The minimum absolute atomic E-state index is 0.181. The van der Waals surface area contributed by atoms with Gasteiger partial charge >= 0.3 is 11.9 Å². The highest BCUT2D eigenvalue weighted by molar-refractivity contribution is 8.27. The molecule has 12 heavy (non-hydrogen) atoms. The molecule has 0 aliphatic rings. The Labute approximate surface area is 86.8 Å². The van der Waals surface area contributed by atoms with Crippen molar-refractivity contribution in [1.82, 2.24) is 0 Å².